The van der Waals surface area contributed by atoms with Gasteiger partial charge in [0, 0.05) is 42.8 Å². The summed E-state index contributed by atoms with van der Waals surface area (Å²) in [6, 6.07) is 7.87. The summed E-state index contributed by atoms with van der Waals surface area (Å²) in [6.07, 6.45) is 3.44. The van der Waals surface area contributed by atoms with Crippen LogP contribution in [0.5, 0.6) is 5.88 Å². The number of nitro groups is 1. The number of oxazole rings is 1. The zero-order chi connectivity index (χ0) is 22.4. The van der Waals surface area contributed by atoms with Gasteiger partial charge in [-0.2, -0.15) is 0 Å². The van der Waals surface area contributed by atoms with Crippen LogP contribution < -0.4 is 4.74 Å². The van der Waals surface area contributed by atoms with Crippen LogP contribution in [0.15, 0.2) is 40.9 Å². The summed E-state index contributed by atoms with van der Waals surface area (Å²) in [5, 5.41) is 19.6. The molecule has 3 aromatic rings. The number of nitrogens with zero attached hydrogens (tertiary/aromatic N) is 3. The van der Waals surface area contributed by atoms with E-state index in [9.17, 15) is 14.9 Å². The summed E-state index contributed by atoms with van der Waals surface area (Å²) in [5.74, 6) is 0.700. The lowest BCUT2D eigenvalue weighted by atomic mass is 10.0. The van der Waals surface area contributed by atoms with Crippen molar-refractivity contribution in [1.82, 2.24) is 9.97 Å². The molecule has 1 aromatic carbocycles. The molecule has 162 valence electrons. The highest BCUT2D eigenvalue weighted by atomic mass is 16.6. The fraction of sp³-hybridized carbons (Fsp3) is 0.318. The van der Waals surface area contributed by atoms with Crippen LogP contribution in [0, 0.1) is 17.0 Å². The Morgan fingerprint density at radius 1 is 1.23 bits per heavy atom. The predicted octanol–water partition coefficient (Wildman–Crippen LogP) is 4.15. The quantitative estimate of drug-likeness (QED) is 0.379. The van der Waals surface area contributed by atoms with Crippen molar-refractivity contribution in [2.45, 2.75) is 39.5 Å². The van der Waals surface area contributed by atoms with Crippen molar-refractivity contribution in [3.63, 3.8) is 0 Å². The second-order valence-electron chi connectivity index (χ2n) is 6.96. The van der Waals surface area contributed by atoms with Crippen molar-refractivity contribution in [3.05, 3.63) is 69.2 Å². The fourth-order valence-electron chi connectivity index (χ4n) is 3.14. The number of rotatable bonds is 10. The molecule has 3 rings (SSSR count). The van der Waals surface area contributed by atoms with Crippen molar-refractivity contribution in [2.75, 3.05) is 6.61 Å². The number of ether oxygens (including phenoxy) is 1. The smallest absolute Gasteiger partial charge is 0.303 e. The van der Waals surface area contributed by atoms with Crippen molar-refractivity contribution in [3.8, 4) is 17.3 Å². The minimum Gasteiger partial charge on any atom is -0.481 e. The van der Waals surface area contributed by atoms with E-state index in [0.717, 1.165) is 23.2 Å². The molecule has 9 nitrogen and oxygen atoms in total. The molecule has 0 saturated heterocycles. The molecule has 0 atom stereocenters. The van der Waals surface area contributed by atoms with Gasteiger partial charge in [0.2, 0.25) is 11.8 Å². The molecule has 2 aromatic heterocycles. The molecule has 0 amide bonds. The number of benzene rings is 1. The number of carbonyl (C=O) groups is 1. The monoisotopic (exact) mass is 425 g/mol. The first-order valence-electron chi connectivity index (χ1n) is 9.91. The van der Waals surface area contributed by atoms with Gasteiger partial charge in [0.05, 0.1) is 17.2 Å². The number of hydrogen-bond acceptors (Lipinski definition) is 7. The van der Waals surface area contributed by atoms with Crippen LogP contribution in [0.3, 0.4) is 0 Å². The van der Waals surface area contributed by atoms with E-state index in [1.807, 2.05) is 19.9 Å². The molecule has 0 unspecified atom stereocenters. The summed E-state index contributed by atoms with van der Waals surface area (Å²) in [7, 11) is 0. The van der Waals surface area contributed by atoms with Crippen LogP contribution in [0.25, 0.3) is 11.5 Å². The van der Waals surface area contributed by atoms with Gasteiger partial charge >= 0.3 is 5.97 Å². The number of aromatic nitrogens is 2. The van der Waals surface area contributed by atoms with E-state index < -0.39 is 10.9 Å². The van der Waals surface area contributed by atoms with Crippen molar-refractivity contribution < 1.29 is 24.0 Å². The zero-order valence-corrected chi connectivity index (χ0v) is 17.3. The zero-order valence-electron chi connectivity index (χ0n) is 17.3. The molecule has 2 heterocycles. The maximum atomic E-state index is 10.8. The number of nitro benzene ring substituents is 1. The molecular formula is C22H23N3O6. The lowest BCUT2D eigenvalue weighted by Crippen LogP contribution is -2.06. The van der Waals surface area contributed by atoms with Gasteiger partial charge in [-0.1, -0.05) is 6.92 Å². The minimum atomic E-state index is -0.835. The lowest BCUT2D eigenvalue weighted by Gasteiger charge is -2.10. The minimum absolute atomic E-state index is 0.00794. The molecule has 0 aliphatic carbocycles. The van der Waals surface area contributed by atoms with Crippen molar-refractivity contribution in [2.24, 2.45) is 0 Å². The van der Waals surface area contributed by atoms with Gasteiger partial charge in [-0.3, -0.25) is 14.9 Å². The molecule has 0 aliphatic heterocycles. The van der Waals surface area contributed by atoms with Gasteiger partial charge in [0.15, 0.2) is 0 Å². The number of hydrogen-bond donors (Lipinski definition) is 1. The topological polar surface area (TPSA) is 129 Å². The number of pyridine rings is 1. The molecule has 31 heavy (non-hydrogen) atoms. The second-order valence-corrected chi connectivity index (χ2v) is 6.96. The summed E-state index contributed by atoms with van der Waals surface area (Å²) in [5.41, 5.74) is 3.34. The number of non-ortho nitro benzene ring substituents is 1. The molecule has 0 saturated carbocycles. The third-order valence-corrected chi connectivity index (χ3v) is 4.85. The summed E-state index contributed by atoms with van der Waals surface area (Å²) in [6.45, 7) is 4.15. The number of aryl methyl sites for hydroxylation is 3. The Balaban J connectivity index is 1.62. The van der Waals surface area contributed by atoms with Crippen LogP contribution >= 0.6 is 0 Å². The maximum absolute atomic E-state index is 10.8. The third-order valence-electron chi connectivity index (χ3n) is 4.85. The molecule has 1 N–H and O–H groups in total. The van der Waals surface area contributed by atoms with E-state index >= 15 is 0 Å². The lowest BCUT2D eigenvalue weighted by molar-refractivity contribution is -0.384. The second kappa shape index (κ2) is 9.84. The molecule has 0 spiro atoms. The Morgan fingerprint density at radius 3 is 2.61 bits per heavy atom. The first-order valence-corrected chi connectivity index (χ1v) is 9.91. The van der Waals surface area contributed by atoms with Gasteiger partial charge in [-0.15, -0.1) is 0 Å². The van der Waals surface area contributed by atoms with E-state index in [0.29, 0.717) is 42.5 Å². The Morgan fingerprint density at radius 2 is 1.97 bits per heavy atom. The van der Waals surface area contributed by atoms with Crippen LogP contribution in [-0.2, 0) is 24.1 Å². The Bertz CT molecular complexity index is 1080. The van der Waals surface area contributed by atoms with Crippen molar-refractivity contribution in [1.29, 1.82) is 0 Å². The average Bonchev–Trinajstić information content (AvgIpc) is 3.13. The van der Waals surface area contributed by atoms with Crippen LogP contribution in [0.1, 0.15) is 35.9 Å². The van der Waals surface area contributed by atoms with Crippen LogP contribution in [-0.4, -0.2) is 32.6 Å². The van der Waals surface area contributed by atoms with Gasteiger partial charge in [0.25, 0.3) is 5.69 Å². The Kier molecular flexibility index (Phi) is 6.96. The fourth-order valence-corrected chi connectivity index (χ4v) is 3.14. The summed E-state index contributed by atoms with van der Waals surface area (Å²) in [4.78, 5) is 29.9. The SMILES string of the molecule is CCc1cc(OCCc2nc(-c3ccc([N+](=O)[O-])cc3)oc2C)ncc1CCC(=O)O. The van der Waals surface area contributed by atoms with E-state index in [2.05, 4.69) is 9.97 Å². The summed E-state index contributed by atoms with van der Waals surface area (Å²) >= 11 is 0. The standard InChI is InChI=1S/C22H23N3O6/c1-3-15-12-20(23-13-17(15)6-9-21(26)27)30-11-10-19-14(2)31-22(24-19)16-4-7-18(8-5-16)25(28)29/h4-5,7-8,12-13H,3,6,9-11H2,1-2H3,(H,26,27). The average molecular weight is 425 g/mol. The normalized spacial score (nSPS) is 10.8. The molecule has 9 heteroatoms. The highest BCUT2D eigenvalue weighted by Gasteiger charge is 2.14. The molecule has 0 radical (unpaired) electrons. The van der Waals surface area contributed by atoms with E-state index in [4.69, 9.17) is 14.3 Å². The van der Waals surface area contributed by atoms with Crippen LogP contribution in [0.4, 0.5) is 5.69 Å². The molecule has 0 fully saturated rings. The van der Waals surface area contributed by atoms with E-state index in [-0.39, 0.29) is 12.1 Å². The largest absolute Gasteiger partial charge is 0.481 e. The van der Waals surface area contributed by atoms with E-state index in [1.165, 1.54) is 12.1 Å². The number of carboxylic acids is 1. The molecule has 0 aliphatic rings. The Labute approximate surface area is 178 Å². The number of aliphatic carboxylic acids is 1. The van der Waals surface area contributed by atoms with Gasteiger partial charge < -0.3 is 14.3 Å². The summed E-state index contributed by atoms with van der Waals surface area (Å²) < 4.78 is 11.5. The highest BCUT2D eigenvalue weighted by molar-refractivity contribution is 5.67. The molecular weight excluding hydrogens is 402 g/mol. The van der Waals surface area contributed by atoms with Gasteiger partial charge in [-0.25, -0.2) is 9.97 Å². The van der Waals surface area contributed by atoms with Gasteiger partial charge in [-0.05, 0) is 43.0 Å². The first kappa shape index (κ1) is 21.9. The molecule has 0 bridgehead atoms. The Hall–Kier alpha value is -3.75. The third kappa shape index (κ3) is 5.65. The predicted molar refractivity (Wildman–Crippen MR) is 112 cm³/mol. The first-order chi connectivity index (χ1) is 14.9. The number of carboxylic acid groups (broad SMARTS) is 1. The highest BCUT2D eigenvalue weighted by Crippen LogP contribution is 2.24. The van der Waals surface area contributed by atoms with Crippen LogP contribution in [0.2, 0.25) is 0 Å². The maximum Gasteiger partial charge on any atom is 0.303 e. The van der Waals surface area contributed by atoms with Gasteiger partial charge in [0.1, 0.15) is 5.76 Å². The van der Waals surface area contributed by atoms with Crippen molar-refractivity contribution >= 4 is 11.7 Å². The van der Waals surface area contributed by atoms with E-state index in [1.54, 1.807) is 18.3 Å².